The molecule has 4 aromatic rings. The number of nitrogens with one attached hydrogen (secondary N) is 1. The van der Waals surface area contributed by atoms with Gasteiger partial charge in [-0.2, -0.15) is 0 Å². The molecule has 7 heteroatoms. The quantitative estimate of drug-likeness (QED) is 0.430. The Kier molecular flexibility index (Phi) is 5.01. The number of rotatable bonds is 4. The molecule has 1 aromatic heterocycles. The Hall–Kier alpha value is -3.84. The lowest BCUT2D eigenvalue weighted by Gasteiger charge is -2.02. The van der Waals surface area contributed by atoms with E-state index in [1.807, 2.05) is 78.9 Å². The number of methoxy groups -OCH3 is 1. The van der Waals surface area contributed by atoms with E-state index in [9.17, 15) is 4.79 Å². The Labute approximate surface area is 182 Å². The van der Waals surface area contributed by atoms with Gasteiger partial charge in [-0.1, -0.05) is 41.6 Å². The Bertz CT molecular complexity index is 1330. The lowest BCUT2D eigenvalue weighted by molar-refractivity contribution is 0.265. The average Bonchev–Trinajstić information content (AvgIpc) is 3.37. The topological polar surface area (TPSA) is 76.7 Å². The van der Waals surface area contributed by atoms with Crippen LogP contribution in [0.4, 0.5) is 10.5 Å². The second-order valence-electron chi connectivity index (χ2n) is 6.84. The third-order valence-corrected chi connectivity index (χ3v) is 5.62. The smallest absolute Gasteiger partial charge is 0.289 e. The predicted octanol–water partition coefficient (Wildman–Crippen LogP) is 6.03. The molecule has 3 aromatic carbocycles. The number of aromatic nitrogens is 1. The molecule has 0 saturated carbocycles. The Morgan fingerprint density at radius 2 is 1.87 bits per heavy atom. The standard InChI is InChI=1S/C24H17N3O3S/c1-29-18-10-8-17(9-11-18)25-23-21(31-24(28)26-23)14-15-7-12-20-19(13-15)22(30-27-20)16-5-3-2-4-6-16/h2-14H,1H3,(H,25,26,28)/b21-14-. The molecular weight excluding hydrogens is 410 g/mol. The zero-order valence-electron chi connectivity index (χ0n) is 16.5. The maximum atomic E-state index is 12.0. The van der Waals surface area contributed by atoms with Crippen LogP contribution in [0.3, 0.4) is 0 Å². The second kappa shape index (κ2) is 8.12. The van der Waals surface area contributed by atoms with E-state index < -0.39 is 0 Å². The fourth-order valence-corrected chi connectivity index (χ4v) is 4.03. The highest BCUT2D eigenvalue weighted by Gasteiger charge is 2.23. The van der Waals surface area contributed by atoms with Gasteiger partial charge in [0.2, 0.25) is 0 Å². The van der Waals surface area contributed by atoms with Crippen molar-refractivity contribution in [3.8, 4) is 17.1 Å². The summed E-state index contributed by atoms with van der Waals surface area (Å²) in [7, 11) is 1.62. The van der Waals surface area contributed by atoms with Crippen LogP contribution in [0.15, 0.2) is 87.2 Å². The van der Waals surface area contributed by atoms with Crippen molar-refractivity contribution in [2.75, 3.05) is 7.11 Å². The highest BCUT2D eigenvalue weighted by molar-refractivity contribution is 8.18. The van der Waals surface area contributed by atoms with Crippen molar-refractivity contribution in [2.24, 2.45) is 4.99 Å². The van der Waals surface area contributed by atoms with Crippen molar-refractivity contribution in [1.29, 1.82) is 0 Å². The third-order valence-electron chi connectivity index (χ3n) is 4.80. The molecule has 1 fully saturated rings. The molecule has 1 aliphatic rings. The number of thioether (sulfide) groups is 1. The van der Waals surface area contributed by atoms with Gasteiger partial charge in [-0.05, 0) is 59.8 Å². The van der Waals surface area contributed by atoms with Crippen molar-refractivity contribution in [3.63, 3.8) is 0 Å². The van der Waals surface area contributed by atoms with Crippen LogP contribution in [0.5, 0.6) is 5.75 Å². The maximum Gasteiger partial charge on any atom is 0.289 e. The molecule has 0 radical (unpaired) electrons. The number of amides is 1. The fraction of sp³-hybridized carbons (Fsp3) is 0.0417. The number of hydrogen-bond donors (Lipinski definition) is 1. The van der Waals surface area contributed by atoms with Gasteiger partial charge < -0.3 is 14.6 Å². The maximum absolute atomic E-state index is 12.0. The lowest BCUT2D eigenvalue weighted by Crippen LogP contribution is -2.18. The van der Waals surface area contributed by atoms with Gasteiger partial charge >= 0.3 is 0 Å². The lowest BCUT2D eigenvalue weighted by atomic mass is 10.1. The van der Waals surface area contributed by atoms with Gasteiger partial charge in [0.25, 0.3) is 5.24 Å². The van der Waals surface area contributed by atoms with Crippen molar-refractivity contribution in [3.05, 3.63) is 83.3 Å². The number of amidine groups is 1. The molecule has 0 spiro atoms. The molecule has 152 valence electrons. The first kappa shape index (κ1) is 19.1. The molecule has 5 rings (SSSR count). The summed E-state index contributed by atoms with van der Waals surface area (Å²) in [6.45, 7) is 0. The third kappa shape index (κ3) is 3.95. The minimum Gasteiger partial charge on any atom is -0.497 e. The molecule has 31 heavy (non-hydrogen) atoms. The van der Waals surface area contributed by atoms with Crippen molar-refractivity contribution in [2.45, 2.75) is 0 Å². The first-order valence-electron chi connectivity index (χ1n) is 9.58. The summed E-state index contributed by atoms with van der Waals surface area (Å²) in [4.78, 5) is 17.4. The molecule has 1 amide bonds. The first-order valence-corrected chi connectivity index (χ1v) is 10.4. The molecule has 0 unspecified atom stereocenters. The van der Waals surface area contributed by atoms with Crippen LogP contribution in [0.1, 0.15) is 5.56 Å². The highest BCUT2D eigenvalue weighted by Crippen LogP contribution is 2.32. The molecule has 6 nitrogen and oxygen atoms in total. The largest absolute Gasteiger partial charge is 0.497 e. The average molecular weight is 427 g/mol. The molecular formula is C24H17N3O3S. The molecule has 0 aliphatic carbocycles. The molecule has 1 N–H and O–H groups in total. The molecule has 1 aliphatic heterocycles. The van der Waals surface area contributed by atoms with Crippen LogP contribution >= 0.6 is 11.8 Å². The highest BCUT2D eigenvalue weighted by atomic mass is 32.2. The normalized spacial score (nSPS) is 16.2. The van der Waals surface area contributed by atoms with Crippen molar-refractivity contribution >= 4 is 45.5 Å². The Morgan fingerprint density at radius 3 is 2.65 bits per heavy atom. The van der Waals surface area contributed by atoms with Crippen LogP contribution in [0.2, 0.25) is 0 Å². The summed E-state index contributed by atoms with van der Waals surface area (Å²) >= 11 is 1.12. The van der Waals surface area contributed by atoms with Crippen LogP contribution in [0, 0.1) is 0 Å². The van der Waals surface area contributed by atoms with E-state index >= 15 is 0 Å². The summed E-state index contributed by atoms with van der Waals surface area (Å²) < 4.78 is 10.8. The zero-order valence-corrected chi connectivity index (χ0v) is 17.3. The molecule has 0 atom stereocenters. The van der Waals surface area contributed by atoms with E-state index in [0.29, 0.717) is 5.84 Å². The molecule has 2 heterocycles. The van der Waals surface area contributed by atoms with Crippen LogP contribution in [0.25, 0.3) is 28.3 Å². The number of fused-ring (bicyclic) bond motifs is 1. The number of nitrogens with zero attached hydrogens (tertiary/aromatic N) is 2. The van der Waals surface area contributed by atoms with Gasteiger partial charge in [-0.25, -0.2) is 4.99 Å². The van der Waals surface area contributed by atoms with Crippen LogP contribution in [-0.2, 0) is 0 Å². The number of carbonyl (C=O) groups is 1. The minimum absolute atomic E-state index is 0.158. The monoisotopic (exact) mass is 427 g/mol. The number of ether oxygens (including phenoxy) is 1. The number of carbonyl (C=O) groups excluding carboxylic acids is 1. The Balaban J connectivity index is 1.52. The van der Waals surface area contributed by atoms with Gasteiger partial charge in [0.15, 0.2) is 5.76 Å². The van der Waals surface area contributed by atoms with Gasteiger partial charge in [0, 0.05) is 5.56 Å². The van der Waals surface area contributed by atoms with E-state index in [-0.39, 0.29) is 5.24 Å². The zero-order chi connectivity index (χ0) is 21.2. The second-order valence-corrected chi connectivity index (χ2v) is 7.85. The van der Waals surface area contributed by atoms with E-state index in [0.717, 1.165) is 55.9 Å². The van der Waals surface area contributed by atoms with E-state index in [4.69, 9.17) is 9.26 Å². The van der Waals surface area contributed by atoms with E-state index in [1.165, 1.54) is 0 Å². The molecule has 0 bridgehead atoms. The summed E-state index contributed by atoms with van der Waals surface area (Å²) in [5, 5.41) is 7.73. The van der Waals surface area contributed by atoms with Crippen LogP contribution in [-0.4, -0.2) is 23.3 Å². The van der Waals surface area contributed by atoms with E-state index in [1.54, 1.807) is 7.11 Å². The van der Waals surface area contributed by atoms with Crippen LogP contribution < -0.4 is 10.1 Å². The van der Waals surface area contributed by atoms with Gasteiger partial charge in [-0.15, -0.1) is 0 Å². The predicted molar refractivity (Wildman–Crippen MR) is 124 cm³/mol. The number of benzene rings is 3. The van der Waals surface area contributed by atoms with Crippen molar-refractivity contribution in [1.82, 2.24) is 10.5 Å². The fourth-order valence-electron chi connectivity index (χ4n) is 3.30. The first-order chi connectivity index (χ1) is 15.2. The van der Waals surface area contributed by atoms with Crippen molar-refractivity contribution < 1.29 is 14.1 Å². The van der Waals surface area contributed by atoms with Gasteiger partial charge in [0.1, 0.15) is 17.1 Å². The molecule has 1 saturated heterocycles. The summed E-state index contributed by atoms with van der Waals surface area (Å²) in [5.74, 6) is 1.99. The Morgan fingerprint density at radius 1 is 1.06 bits per heavy atom. The number of aliphatic imine (C=N–C) groups is 1. The van der Waals surface area contributed by atoms with E-state index in [2.05, 4.69) is 15.5 Å². The minimum atomic E-state index is -0.158. The van der Waals surface area contributed by atoms with Gasteiger partial charge in [0.05, 0.1) is 23.1 Å². The number of hydrogen-bond acceptors (Lipinski definition) is 6. The van der Waals surface area contributed by atoms with Gasteiger partial charge in [-0.3, -0.25) is 4.79 Å². The summed E-state index contributed by atoms with van der Waals surface area (Å²) in [5.41, 5.74) is 3.39. The SMILES string of the molecule is COc1ccc(N=C2NC(=O)S/C2=C\c2ccc3noc(-c4ccccc4)c3c2)cc1. The summed E-state index contributed by atoms with van der Waals surface area (Å²) in [6.07, 6.45) is 1.94. The summed E-state index contributed by atoms with van der Waals surface area (Å²) in [6, 6.07) is 23.1.